The first-order chi connectivity index (χ1) is 9.75. The predicted molar refractivity (Wildman–Crippen MR) is 78.2 cm³/mol. The van der Waals surface area contributed by atoms with Crippen LogP contribution in [0.5, 0.6) is 5.75 Å². The summed E-state index contributed by atoms with van der Waals surface area (Å²) in [6.45, 7) is 0. The average Bonchev–Trinajstić information content (AvgIpc) is 2.51. The highest BCUT2D eigenvalue weighted by atomic mass is 35.5. The Morgan fingerprint density at radius 2 is 1.80 bits per heavy atom. The van der Waals surface area contributed by atoms with Crippen LogP contribution >= 0.6 is 11.6 Å². The Hall–Kier alpha value is -2.39. The number of benzene rings is 2. The molecule has 0 saturated heterocycles. The van der Waals surface area contributed by atoms with Crippen LogP contribution in [0.3, 0.4) is 0 Å². The zero-order chi connectivity index (χ0) is 13.9. The minimum Gasteiger partial charge on any atom is -0.421 e. The molecule has 1 heterocycles. The van der Waals surface area contributed by atoms with Crippen LogP contribution < -0.4 is 4.74 Å². The molecule has 0 N–H and O–H groups in total. The third-order valence-electron chi connectivity index (χ3n) is 2.89. The zero-order valence-electron chi connectivity index (χ0n) is 10.4. The van der Waals surface area contributed by atoms with Crippen LogP contribution in [0.15, 0.2) is 60.8 Å². The standard InChI is InChI=1S/C16H10ClNO2/c17-13-8-9-14(15-12(13)7-4-10-18-15)20-16(19)11-5-2-1-3-6-11/h1-10H. The predicted octanol–water partition coefficient (Wildman–Crippen LogP) is 4.11. The van der Waals surface area contributed by atoms with Crippen molar-refractivity contribution in [1.82, 2.24) is 4.98 Å². The van der Waals surface area contributed by atoms with Crippen LogP contribution in [-0.4, -0.2) is 11.0 Å². The third-order valence-corrected chi connectivity index (χ3v) is 3.22. The Morgan fingerprint density at radius 1 is 1.00 bits per heavy atom. The fraction of sp³-hybridized carbons (Fsp3) is 0. The summed E-state index contributed by atoms with van der Waals surface area (Å²) in [5.74, 6) is -0.0151. The minimum absolute atomic E-state index is 0.402. The topological polar surface area (TPSA) is 39.2 Å². The summed E-state index contributed by atoms with van der Waals surface area (Å²) >= 11 is 6.10. The lowest BCUT2D eigenvalue weighted by Crippen LogP contribution is -2.08. The van der Waals surface area contributed by atoms with Crippen LogP contribution in [0.2, 0.25) is 5.02 Å². The van der Waals surface area contributed by atoms with E-state index in [2.05, 4.69) is 4.98 Å². The van der Waals surface area contributed by atoms with Crippen molar-refractivity contribution in [3.8, 4) is 5.75 Å². The van der Waals surface area contributed by atoms with E-state index in [0.717, 1.165) is 5.39 Å². The van der Waals surface area contributed by atoms with Gasteiger partial charge in [0, 0.05) is 11.6 Å². The number of esters is 1. The van der Waals surface area contributed by atoms with E-state index >= 15 is 0 Å². The molecule has 3 rings (SSSR count). The summed E-state index contributed by atoms with van der Waals surface area (Å²) < 4.78 is 5.41. The van der Waals surface area contributed by atoms with Gasteiger partial charge in [-0.15, -0.1) is 0 Å². The summed E-state index contributed by atoms with van der Waals surface area (Å²) in [6.07, 6.45) is 1.64. The second-order valence-corrected chi connectivity index (χ2v) is 4.61. The Bertz CT molecular complexity index is 772. The molecule has 0 aliphatic carbocycles. The highest BCUT2D eigenvalue weighted by Gasteiger charge is 2.12. The van der Waals surface area contributed by atoms with Gasteiger partial charge in [0.15, 0.2) is 5.75 Å². The van der Waals surface area contributed by atoms with Gasteiger partial charge in [-0.2, -0.15) is 0 Å². The van der Waals surface area contributed by atoms with Crippen LogP contribution in [0, 0.1) is 0 Å². The molecule has 3 nitrogen and oxygen atoms in total. The second-order valence-electron chi connectivity index (χ2n) is 4.20. The largest absolute Gasteiger partial charge is 0.421 e. The Kier molecular flexibility index (Phi) is 3.35. The lowest BCUT2D eigenvalue weighted by molar-refractivity contribution is 0.0737. The zero-order valence-corrected chi connectivity index (χ0v) is 11.2. The molecule has 20 heavy (non-hydrogen) atoms. The lowest BCUT2D eigenvalue weighted by Gasteiger charge is -2.08. The number of hydrogen-bond donors (Lipinski definition) is 0. The highest BCUT2D eigenvalue weighted by Crippen LogP contribution is 2.30. The van der Waals surface area contributed by atoms with Gasteiger partial charge < -0.3 is 4.74 Å². The molecule has 0 atom stereocenters. The Balaban J connectivity index is 2.00. The van der Waals surface area contributed by atoms with Crippen molar-refractivity contribution in [2.24, 2.45) is 0 Å². The monoisotopic (exact) mass is 283 g/mol. The van der Waals surface area contributed by atoms with Crippen LogP contribution in [0.25, 0.3) is 10.9 Å². The molecule has 2 aromatic carbocycles. The average molecular weight is 284 g/mol. The molecule has 0 aliphatic heterocycles. The van der Waals surface area contributed by atoms with E-state index in [-0.39, 0.29) is 0 Å². The molecule has 0 amide bonds. The number of carbonyl (C=O) groups excluding carboxylic acids is 1. The van der Waals surface area contributed by atoms with Gasteiger partial charge in [0.25, 0.3) is 0 Å². The van der Waals surface area contributed by atoms with E-state index in [9.17, 15) is 4.79 Å². The quantitative estimate of drug-likeness (QED) is 0.525. The van der Waals surface area contributed by atoms with Crippen LogP contribution in [0.4, 0.5) is 0 Å². The van der Waals surface area contributed by atoms with Crippen molar-refractivity contribution in [3.63, 3.8) is 0 Å². The molecule has 0 fully saturated rings. The van der Waals surface area contributed by atoms with E-state index in [1.807, 2.05) is 12.1 Å². The number of rotatable bonds is 2. The van der Waals surface area contributed by atoms with Crippen molar-refractivity contribution < 1.29 is 9.53 Å². The molecule has 0 bridgehead atoms. The molecule has 0 unspecified atom stereocenters. The summed E-state index contributed by atoms with van der Waals surface area (Å²) in [5.41, 5.74) is 1.07. The minimum atomic E-state index is -0.417. The van der Waals surface area contributed by atoms with Crippen molar-refractivity contribution >= 4 is 28.5 Å². The number of nitrogens with zero attached hydrogens (tertiary/aromatic N) is 1. The van der Waals surface area contributed by atoms with Crippen LogP contribution in [0.1, 0.15) is 10.4 Å². The number of hydrogen-bond acceptors (Lipinski definition) is 3. The van der Waals surface area contributed by atoms with E-state index < -0.39 is 5.97 Å². The fourth-order valence-electron chi connectivity index (χ4n) is 1.93. The summed E-state index contributed by atoms with van der Waals surface area (Å²) in [7, 11) is 0. The van der Waals surface area contributed by atoms with E-state index in [1.165, 1.54) is 0 Å². The molecule has 0 saturated carbocycles. The number of carbonyl (C=O) groups is 1. The van der Waals surface area contributed by atoms with Crippen molar-refractivity contribution in [2.45, 2.75) is 0 Å². The maximum atomic E-state index is 12.1. The molecule has 4 heteroatoms. The third kappa shape index (κ3) is 2.36. The van der Waals surface area contributed by atoms with E-state index in [4.69, 9.17) is 16.3 Å². The first-order valence-corrected chi connectivity index (χ1v) is 6.44. The van der Waals surface area contributed by atoms with Gasteiger partial charge in [0.05, 0.1) is 10.6 Å². The molecular weight excluding hydrogens is 274 g/mol. The van der Waals surface area contributed by atoms with E-state index in [1.54, 1.807) is 48.7 Å². The molecule has 98 valence electrons. The fourth-order valence-corrected chi connectivity index (χ4v) is 2.14. The molecular formula is C16H10ClNO2. The van der Waals surface area contributed by atoms with Gasteiger partial charge in [-0.25, -0.2) is 4.79 Å². The molecule has 0 spiro atoms. The van der Waals surface area contributed by atoms with Crippen LogP contribution in [-0.2, 0) is 0 Å². The van der Waals surface area contributed by atoms with Gasteiger partial charge in [0.2, 0.25) is 0 Å². The van der Waals surface area contributed by atoms with Gasteiger partial charge in [0.1, 0.15) is 5.52 Å². The molecule has 0 aliphatic rings. The first kappa shape index (κ1) is 12.6. The smallest absolute Gasteiger partial charge is 0.343 e. The first-order valence-electron chi connectivity index (χ1n) is 6.06. The number of ether oxygens (including phenoxy) is 1. The number of pyridine rings is 1. The Morgan fingerprint density at radius 3 is 2.60 bits per heavy atom. The van der Waals surface area contributed by atoms with Crippen molar-refractivity contribution in [3.05, 3.63) is 71.4 Å². The second kappa shape index (κ2) is 5.31. The van der Waals surface area contributed by atoms with Gasteiger partial charge in [-0.3, -0.25) is 4.98 Å². The van der Waals surface area contributed by atoms with Gasteiger partial charge in [-0.05, 0) is 36.4 Å². The lowest BCUT2D eigenvalue weighted by atomic mass is 10.2. The SMILES string of the molecule is O=C(Oc1ccc(Cl)c2cccnc12)c1ccccc1. The van der Waals surface area contributed by atoms with E-state index in [0.29, 0.717) is 21.9 Å². The van der Waals surface area contributed by atoms with Gasteiger partial charge >= 0.3 is 5.97 Å². The number of fused-ring (bicyclic) bond motifs is 1. The maximum absolute atomic E-state index is 12.1. The molecule has 3 aromatic rings. The van der Waals surface area contributed by atoms with Gasteiger partial charge in [-0.1, -0.05) is 29.8 Å². The van der Waals surface area contributed by atoms with Crippen molar-refractivity contribution in [2.75, 3.05) is 0 Å². The summed E-state index contributed by atoms with van der Waals surface area (Å²) in [6, 6.07) is 15.8. The molecule has 0 radical (unpaired) electrons. The van der Waals surface area contributed by atoms with Crippen molar-refractivity contribution in [1.29, 1.82) is 0 Å². The number of aromatic nitrogens is 1. The highest BCUT2D eigenvalue weighted by molar-refractivity contribution is 6.35. The normalized spacial score (nSPS) is 10.4. The maximum Gasteiger partial charge on any atom is 0.343 e. The summed E-state index contributed by atoms with van der Waals surface area (Å²) in [5, 5.41) is 1.33. The summed E-state index contributed by atoms with van der Waals surface area (Å²) in [4.78, 5) is 16.3. The Labute approximate surface area is 120 Å². The number of halogens is 1. The molecule has 1 aromatic heterocycles.